The number of nitrogens with two attached hydrogens (primary N) is 1. The van der Waals surface area contributed by atoms with Crippen molar-refractivity contribution >= 4 is 0 Å². The van der Waals surface area contributed by atoms with Crippen LogP contribution in [0.25, 0.3) is 0 Å². The standard InChI is InChI=1S/C16H35NO2/c1-2-3-4-5-6-7-8-9-10-11-16(17,12-14-18)13-15-19/h18-19H,2-15,17H2,1H3. The molecule has 0 spiro atoms. The zero-order valence-electron chi connectivity index (χ0n) is 12.9. The lowest BCUT2D eigenvalue weighted by molar-refractivity contribution is 0.183. The molecule has 0 bridgehead atoms. The van der Waals surface area contributed by atoms with Crippen molar-refractivity contribution in [3.63, 3.8) is 0 Å². The molecule has 0 heterocycles. The summed E-state index contributed by atoms with van der Waals surface area (Å²) in [7, 11) is 0. The zero-order chi connectivity index (χ0) is 14.4. The van der Waals surface area contributed by atoms with Crippen molar-refractivity contribution in [2.24, 2.45) is 5.73 Å². The summed E-state index contributed by atoms with van der Waals surface area (Å²) < 4.78 is 0. The number of hydrogen-bond acceptors (Lipinski definition) is 3. The van der Waals surface area contributed by atoms with E-state index in [0.29, 0.717) is 12.8 Å². The SMILES string of the molecule is CCCCCCCCCCCC(N)(CCO)CCO. The fourth-order valence-electron chi connectivity index (χ4n) is 2.61. The Morgan fingerprint density at radius 3 is 1.53 bits per heavy atom. The van der Waals surface area contributed by atoms with E-state index in [0.717, 1.165) is 12.8 Å². The molecule has 0 rings (SSSR count). The fourth-order valence-corrected chi connectivity index (χ4v) is 2.61. The molecule has 0 aromatic heterocycles. The Morgan fingerprint density at radius 1 is 0.684 bits per heavy atom. The molecule has 0 saturated heterocycles. The molecule has 0 aliphatic heterocycles. The van der Waals surface area contributed by atoms with Crippen LogP contribution in [0.15, 0.2) is 0 Å². The van der Waals surface area contributed by atoms with Gasteiger partial charge in [0.15, 0.2) is 0 Å². The van der Waals surface area contributed by atoms with E-state index < -0.39 is 0 Å². The summed E-state index contributed by atoms with van der Waals surface area (Å²) in [4.78, 5) is 0. The summed E-state index contributed by atoms with van der Waals surface area (Å²) in [6.07, 6.45) is 13.9. The van der Waals surface area contributed by atoms with Crippen molar-refractivity contribution in [3.8, 4) is 0 Å². The summed E-state index contributed by atoms with van der Waals surface area (Å²) in [6.45, 7) is 2.49. The van der Waals surface area contributed by atoms with Crippen molar-refractivity contribution in [3.05, 3.63) is 0 Å². The Morgan fingerprint density at radius 2 is 1.11 bits per heavy atom. The third kappa shape index (κ3) is 11.4. The second-order valence-corrected chi connectivity index (χ2v) is 5.89. The number of hydrogen-bond donors (Lipinski definition) is 3. The van der Waals surface area contributed by atoms with Crippen LogP contribution in [0.3, 0.4) is 0 Å². The minimum absolute atomic E-state index is 0.119. The van der Waals surface area contributed by atoms with Gasteiger partial charge < -0.3 is 15.9 Å². The van der Waals surface area contributed by atoms with E-state index in [4.69, 9.17) is 15.9 Å². The van der Waals surface area contributed by atoms with Gasteiger partial charge in [0, 0.05) is 18.8 Å². The van der Waals surface area contributed by atoms with Gasteiger partial charge in [0.05, 0.1) is 0 Å². The van der Waals surface area contributed by atoms with Gasteiger partial charge in [-0.1, -0.05) is 64.7 Å². The lowest BCUT2D eigenvalue weighted by Crippen LogP contribution is -2.41. The molecule has 0 amide bonds. The highest BCUT2D eigenvalue weighted by Gasteiger charge is 2.22. The van der Waals surface area contributed by atoms with Crippen molar-refractivity contribution in [1.82, 2.24) is 0 Å². The van der Waals surface area contributed by atoms with Gasteiger partial charge in [-0.3, -0.25) is 0 Å². The van der Waals surface area contributed by atoms with Crippen LogP contribution in [0.4, 0.5) is 0 Å². The Hall–Kier alpha value is -0.120. The minimum atomic E-state index is -0.357. The number of aliphatic hydroxyl groups excluding tert-OH is 2. The molecule has 0 radical (unpaired) electrons. The maximum atomic E-state index is 9.01. The Balaban J connectivity index is 3.44. The van der Waals surface area contributed by atoms with Gasteiger partial charge >= 0.3 is 0 Å². The highest BCUT2D eigenvalue weighted by molar-refractivity contribution is 4.83. The van der Waals surface area contributed by atoms with Crippen LogP contribution in [0, 0.1) is 0 Å². The second kappa shape index (κ2) is 12.9. The molecule has 0 aromatic carbocycles. The molecule has 0 unspecified atom stereocenters. The molecule has 19 heavy (non-hydrogen) atoms. The number of unbranched alkanes of at least 4 members (excludes halogenated alkanes) is 8. The van der Waals surface area contributed by atoms with Gasteiger partial charge in [-0.05, 0) is 19.3 Å². The van der Waals surface area contributed by atoms with Gasteiger partial charge in [-0.15, -0.1) is 0 Å². The fraction of sp³-hybridized carbons (Fsp3) is 1.00. The molecule has 4 N–H and O–H groups in total. The first-order valence-electron chi connectivity index (χ1n) is 8.19. The first kappa shape index (κ1) is 18.9. The third-order valence-electron chi connectivity index (χ3n) is 4.00. The smallest absolute Gasteiger partial charge is 0.0448 e. The van der Waals surface area contributed by atoms with Crippen molar-refractivity contribution in [2.45, 2.75) is 89.5 Å². The topological polar surface area (TPSA) is 66.5 Å². The molecular formula is C16H35NO2. The lowest BCUT2D eigenvalue weighted by Gasteiger charge is -2.28. The molecule has 3 nitrogen and oxygen atoms in total. The normalized spacial score (nSPS) is 12.0. The lowest BCUT2D eigenvalue weighted by atomic mass is 9.87. The molecule has 0 aliphatic carbocycles. The Labute approximate surface area is 119 Å². The summed E-state index contributed by atoms with van der Waals surface area (Å²) >= 11 is 0. The minimum Gasteiger partial charge on any atom is -0.396 e. The largest absolute Gasteiger partial charge is 0.396 e. The van der Waals surface area contributed by atoms with Crippen molar-refractivity contribution in [1.29, 1.82) is 0 Å². The van der Waals surface area contributed by atoms with Crippen LogP contribution in [0.5, 0.6) is 0 Å². The van der Waals surface area contributed by atoms with E-state index in [9.17, 15) is 0 Å². The summed E-state index contributed by atoms with van der Waals surface area (Å²) in [5.74, 6) is 0. The van der Waals surface area contributed by atoms with Crippen LogP contribution < -0.4 is 5.73 Å². The summed E-state index contributed by atoms with van der Waals surface area (Å²) in [6, 6.07) is 0. The molecule has 0 saturated carbocycles. The maximum Gasteiger partial charge on any atom is 0.0448 e. The van der Waals surface area contributed by atoms with Crippen LogP contribution in [-0.4, -0.2) is 29.0 Å². The molecule has 0 aromatic rings. The first-order chi connectivity index (χ1) is 9.18. The molecule has 3 heteroatoms. The van der Waals surface area contributed by atoms with Crippen LogP contribution in [0.1, 0.15) is 84.0 Å². The van der Waals surface area contributed by atoms with Gasteiger partial charge in [0.25, 0.3) is 0 Å². The van der Waals surface area contributed by atoms with Crippen LogP contribution in [-0.2, 0) is 0 Å². The van der Waals surface area contributed by atoms with E-state index in [1.807, 2.05) is 0 Å². The predicted molar refractivity (Wildman–Crippen MR) is 82.2 cm³/mol. The molecule has 0 fully saturated rings. The van der Waals surface area contributed by atoms with Crippen LogP contribution in [0.2, 0.25) is 0 Å². The van der Waals surface area contributed by atoms with Crippen LogP contribution >= 0.6 is 0 Å². The van der Waals surface area contributed by atoms with Crippen molar-refractivity contribution in [2.75, 3.05) is 13.2 Å². The zero-order valence-corrected chi connectivity index (χ0v) is 12.9. The molecular weight excluding hydrogens is 238 g/mol. The average Bonchev–Trinajstić information content (AvgIpc) is 2.37. The highest BCUT2D eigenvalue weighted by atomic mass is 16.3. The number of rotatable bonds is 14. The predicted octanol–water partition coefficient (Wildman–Crippen LogP) is 3.37. The van der Waals surface area contributed by atoms with E-state index in [1.54, 1.807) is 0 Å². The summed E-state index contributed by atoms with van der Waals surface area (Å²) in [5.41, 5.74) is 5.84. The van der Waals surface area contributed by atoms with Crippen molar-refractivity contribution < 1.29 is 10.2 Å². The van der Waals surface area contributed by atoms with E-state index in [2.05, 4.69) is 6.92 Å². The summed E-state index contributed by atoms with van der Waals surface area (Å²) in [5, 5.41) is 18.0. The maximum absolute atomic E-state index is 9.01. The van der Waals surface area contributed by atoms with Gasteiger partial charge in [-0.25, -0.2) is 0 Å². The van der Waals surface area contributed by atoms with E-state index in [-0.39, 0.29) is 18.8 Å². The third-order valence-corrected chi connectivity index (χ3v) is 4.00. The molecule has 116 valence electrons. The van der Waals surface area contributed by atoms with Gasteiger partial charge in [-0.2, -0.15) is 0 Å². The number of aliphatic hydroxyl groups is 2. The average molecular weight is 273 g/mol. The second-order valence-electron chi connectivity index (χ2n) is 5.89. The van der Waals surface area contributed by atoms with Gasteiger partial charge in [0.2, 0.25) is 0 Å². The Kier molecular flexibility index (Phi) is 12.8. The van der Waals surface area contributed by atoms with Gasteiger partial charge in [0.1, 0.15) is 0 Å². The quantitative estimate of drug-likeness (QED) is 0.425. The Bertz CT molecular complexity index is 180. The highest BCUT2D eigenvalue weighted by Crippen LogP contribution is 2.20. The molecule has 0 atom stereocenters. The van der Waals surface area contributed by atoms with E-state index in [1.165, 1.54) is 51.4 Å². The van der Waals surface area contributed by atoms with E-state index >= 15 is 0 Å². The monoisotopic (exact) mass is 273 g/mol. The first-order valence-corrected chi connectivity index (χ1v) is 8.19. The molecule has 0 aliphatic rings.